The summed E-state index contributed by atoms with van der Waals surface area (Å²) in [6, 6.07) is 5.33. The van der Waals surface area contributed by atoms with Gasteiger partial charge in [0.05, 0.1) is 11.6 Å². The third-order valence-electron chi connectivity index (χ3n) is 3.66. The van der Waals surface area contributed by atoms with E-state index < -0.39 is 18.4 Å². The van der Waals surface area contributed by atoms with Gasteiger partial charge in [-0.1, -0.05) is 12.1 Å². The number of anilines is 1. The largest absolute Gasteiger partial charge is 0.415 e. The predicted octanol–water partition coefficient (Wildman–Crippen LogP) is 2.89. The van der Waals surface area contributed by atoms with Crippen LogP contribution in [0.25, 0.3) is 11.5 Å². The van der Waals surface area contributed by atoms with Crippen LogP contribution in [0, 0.1) is 5.82 Å². The first kappa shape index (κ1) is 19.3. The highest BCUT2D eigenvalue weighted by atomic mass is 19.3. The molecule has 2 heterocycles. The van der Waals surface area contributed by atoms with E-state index in [0.29, 0.717) is 5.56 Å². The van der Waals surface area contributed by atoms with Gasteiger partial charge in [0.1, 0.15) is 5.82 Å². The first-order valence-electron chi connectivity index (χ1n) is 8.13. The quantitative estimate of drug-likeness (QED) is 0.637. The van der Waals surface area contributed by atoms with Gasteiger partial charge >= 0.3 is 6.43 Å². The van der Waals surface area contributed by atoms with Crippen LogP contribution in [0.1, 0.15) is 30.8 Å². The van der Waals surface area contributed by atoms with Crippen LogP contribution in [0.15, 0.2) is 41.1 Å². The molecule has 0 aliphatic carbocycles. The molecule has 0 unspecified atom stereocenters. The van der Waals surface area contributed by atoms with Crippen LogP contribution in [0.2, 0.25) is 0 Å². The summed E-state index contributed by atoms with van der Waals surface area (Å²) in [5, 5.41) is 12.5. The van der Waals surface area contributed by atoms with E-state index in [2.05, 4.69) is 30.8 Å². The van der Waals surface area contributed by atoms with Gasteiger partial charge in [0.15, 0.2) is 0 Å². The zero-order chi connectivity index (χ0) is 20.1. The number of rotatable bonds is 7. The maximum atomic E-state index is 13.2. The Balaban J connectivity index is 1.76. The predicted molar refractivity (Wildman–Crippen MR) is 91.7 cm³/mol. The van der Waals surface area contributed by atoms with Crippen molar-refractivity contribution >= 4 is 11.9 Å². The van der Waals surface area contributed by atoms with Gasteiger partial charge < -0.3 is 15.1 Å². The smallest absolute Gasteiger partial charge is 0.314 e. The summed E-state index contributed by atoms with van der Waals surface area (Å²) in [7, 11) is 0. The highest BCUT2D eigenvalue weighted by Crippen LogP contribution is 2.23. The topological polar surface area (TPSA) is 106 Å². The second-order valence-electron chi connectivity index (χ2n) is 5.73. The highest BCUT2D eigenvalue weighted by molar-refractivity contribution is 5.72. The maximum absolute atomic E-state index is 13.2. The monoisotopic (exact) mass is 392 g/mol. The van der Waals surface area contributed by atoms with E-state index in [-0.39, 0.29) is 35.7 Å². The Morgan fingerprint density at radius 1 is 1.14 bits per heavy atom. The number of aromatic nitrogens is 4. The van der Waals surface area contributed by atoms with Crippen molar-refractivity contribution in [2.45, 2.75) is 19.4 Å². The molecule has 11 heteroatoms. The average Bonchev–Trinajstić information content (AvgIpc) is 3.17. The first-order chi connectivity index (χ1) is 13.4. The van der Waals surface area contributed by atoms with E-state index in [9.17, 15) is 18.0 Å². The molecule has 0 fully saturated rings. The minimum atomic E-state index is -2.87. The van der Waals surface area contributed by atoms with Gasteiger partial charge in [-0.3, -0.25) is 4.79 Å². The normalized spacial score (nSPS) is 12.0. The average molecular weight is 392 g/mol. The van der Waals surface area contributed by atoms with E-state index in [4.69, 9.17) is 4.42 Å². The SMILES string of the molecule is CC(=O)NC[C@H](Nc1ncc(-c2nnc(C(F)F)o2)cn1)c1ccc(F)cc1. The van der Waals surface area contributed by atoms with Crippen LogP contribution < -0.4 is 10.6 Å². The molecule has 0 bridgehead atoms. The number of hydrogen-bond acceptors (Lipinski definition) is 7. The van der Waals surface area contributed by atoms with Crippen LogP contribution in [0.5, 0.6) is 0 Å². The van der Waals surface area contributed by atoms with Gasteiger partial charge in [-0.05, 0) is 17.7 Å². The summed E-state index contributed by atoms with van der Waals surface area (Å²) in [5.74, 6) is -1.32. The minimum Gasteiger partial charge on any atom is -0.415 e. The third kappa shape index (κ3) is 4.81. The van der Waals surface area contributed by atoms with Crippen LogP contribution in [0.4, 0.5) is 19.1 Å². The number of nitrogens with one attached hydrogen (secondary N) is 2. The van der Waals surface area contributed by atoms with Gasteiger partial charge in [0.2, 0.25) is 11.9 Å². The first-order valence-corrected chi connectivity index (χ1v) is 8.13. The molecule has 146 valence electrons. The number of halogens is 3. The number of hydrogen-bond donors (Lipinski definition) is 2. The standard InChI is InChI=1S/C17H15F3N6O2/c1-9(27)21-8-13(10-2-4-12(18)5-3-10)24-17-22-6-11(7-23-17)15-25-26-16(28-15)14(19)20/h2-7,13-14H,8H2,1H3,(H,21,27)(H,22,23,24)/t13-/m0/s1. The lowest BCUT2D eigenvalue weighted by atomic mass is 10.1. The number of benzene rings is 1. The third-order valence-corrected chi connectivity index (χ3v) is 3.66. The van der Waals surface area contributed by atoms with Gasteiger partial charge in [-0.25, -0.2) is 14.4 Å². The molecule has 3 rings (SSSR count). The minimum absolute atomic E-state index is 0.129. The molecule has 8 nitrogen and oxygen atoms in total. The molecular weight excluding hydrogens is 377 g/mol. The Morgan fingerprint density at radius 3 is 2.39 bits per heavy atom. The van der Waals surface area contributed by atoms with Crippen molar-refractivity contribution < 1.29 is 22.4 Å². The number of amides is 1. The number of carbonyl (C=O) groups is 1. The van der Waals surface area contributed by atoms with Crippen molar-refractivity contribution in [1.29, 1.82) is 0 Å². The van der Waals surface area contributed by atoms with Gasteiger partial charge in [-0.2, -0.15) is 8.78 Å². The molecule has 1 atom stereocenters. The molecule has 0 aliphatic heterocycles. The molecule has 0 aliphatic rings. The number of carbonyl (C=O) groups excluding carboxylic acids is 1. The fraction of sp³-hybridized carbons (Fsp3) is 0.235. The molecule has 1 amide bonds. The van der Waals surface area contributed by atoms with Crippen molar-refractivity contribution in [2.24, 2.45) is 0 Å². The van der Waals surface area contributed by atoms with Gasteiger partial charge in [0.25, 0.3) is 11.8 Å². The van der Waals surface area contributed by atoms with Crippen molar-refractivity contribution in [3.63, 3.8) is 0 Å². The fourth-order valence-electron chi connectivity index (χ4n) is 2.30. The van der Waals surface area contributed by atoms with Crippen molar-refractivity contribution in [1.82, 2.24) is 25.5 Å². The van der Waals surface area contributed by atoms with E-state index in [1.54, 1.807) is 12.1 Å². The molecule has 1 aromatic carbocycles. The van der Waals surface area contributed by atoms with Gasteiger partial charge in [0, 0.05) is 25.9 Å². The van der Waals surface area contributed by atoms with Crippen LogP contribution in [0.3, 0.4) is 0 Å². The molecule has 0 radical (unpaired) electrons. The van der Waals surface area contributed by atoms with Crippen molar-refractivity contribution in [2.75, 3.05) is 11.9 Å². The summed E-state index contributed by atoms with van der Waals surface area (Å²) in [4.78, 5) is 19.4. The molecular formula is C17H15F3N6O2. The lowest BCUT2D eigenvalue weighted by Gasteiger charge is -2.19. The lowest BCUT2D eigenvalue weighted by molar-refractivity contribution is -0.119. The van der Waals surface area contributed by atoms with E-state index in [0.717, 1.165) is 0 Å². The summed E-state index contributed by atoms with van der Waals surface area (Å²) in [5.41, 5.74) is 0.978. The van der Waals surface area contributed by atoms with Crippen LogP contribution in [-0.4, -0.2) is 32.6 Å². The Kier molecular flexibility index (Phi) is 5.82. The number of alkyl halides is 2. The van der Waals surface area contributed by atoms with Crippen molar-refractivity contribution in [3.8, 4) is 11.5 Å². The lowest BCUT2D eigenvalue weighted by Crippen LogP contribution is -2.30. The number of nitrogens with zero attached hydrogens (tertiary/aromatic N) is 4. The molecule has 0 saturated heterocycles. The van der Waals surface area contributed by atoms with Crippen LogP contribution in [-0.2, 0) is 4.79 Å². The summed E-state index contributed by atoms with van der Waals surface area (Å²) in [6.07, 6.45) is -0.204. The molecule has 28 heavy (non-hydrogen) atoms. The highest BCUT2D eigenvalue weighted by Gasteiger charge is 2.18. The second-order valence-corrected chi connectivity index (χ2v) is 5.73. The Labute approximate surface area is 157 Å². The van der Waals surface area contributed by atoms with Crippen LogP contribution >= 0.6 is 0 Å². The molecule has 0 saturated carbocycles. The van der Waals surface area contributed by atoms with Crippen molar-refractivity contribution in [3.05, 3.63) is 53.9 Å². The summed E-state index contributed by atoms with van der Waals surface area (Å²) >= 11 is 0. The maximum Gasteiger partial charge on any atom is 0.314 e. The Bertz CT molecular complexity index is 931. The van der Waals surface area contributed by atoms with E-state index >= 15 is 0 Å². The molecule has 3 aromatic rings. The van der Waals surface area contributed by atoms with E-state index in [1.807, 2.05) is 0 Å². The van der Waals surface area contributed by atoms with E-state index in [1.165, 1.54) is 31.5 Å². The summed E-state index contributed by atoms with van der Waals surface area (Å²) in [6.45, 7) is 1.60. The molecule has 0 spiro atoms. The zero-order valence-electron chi connectivity index (χ0n) is 14.6. The zero-order valence-corrected chi connectivity index (χ0v) is 14.6. The molecule has 2 aromatic heterocycles. The Hall–Kier alpha value is -3.50. The summed E-state index contributed by atoms with van der Waals surface area (Å²) < 4.78 is 43.1. The second kappa shape index (κ2) is 8.46. The fourth-order valence-corrected chi connectivity index (χ4v) is 2.30. The van der Waals surface area contributed by atoms with Gasteiger partial charge in [-0.15, -0.1) is 10.2 Å². The Morgan fingerprint density at radius 2 is 1.82 bits per heavy atom. The molecule has 2 N–H and O–H groups in total.